The third-order valence-corrected chi connectivity index (χ3v) is 2.78. The molecule has 2 N–H and O–H groups in total. The molecule has 0 aromatic carbocycles. The molecule has 70 valence electrons. The molecule has 2 nitrogen and oxygen atoms in total. The van der Waals surface area contributed by atoms with Crippen LogP contribution < -0.4 is 5.32 Å². The lowest BCUT2D eigenvalue weighted by Gasteiger charge is -2.01. The van der Waals surface area contributed by atoms with Crippen LogP contribution in [0.15, 0.2) is 11.6 Å². The maximum absolute atomic E-state index is 3.43. The number of allylic oxidation sites excluding steroid dienone is 1. The van der Waals surface area contributed by atoms with E-state index < -0.39 is 0 Å². The minimum absolute atomic E-state index is 1.05. The van der Waals surface area contributed by atoms with E-state index in [1.807, 2.05) is 0 Å². The van der Waals surface area contributed by atoms with Gasteiger partial charge in [0, 0.05) is 12.2 Å². The first kappa shape index (κ1) is 8.42. The highest BCUT2D eigenvalue weighted by molar-refractivity contribution is 5.76. The molecule has 0 aliphatic carbocycles. The Morgan fingerprint density at radius 1 is 1.23 bits per heavy atom. The molecule has 2 heterocycles. The van der Waals surface area contributed by atoms with Crippen LogP contribution in [-0.2, 0) is 0 Å². The zero-order chi connectivity index (χ0) is 9.42. The summed E-state index contributed by atoms with van der Waals surface area (Å²) in [6.45, 7) is 7.55. The molecular formula is C11H16N2. The molecule has 1 aliphatic rings. The van der Waals surface area contributed by atoms with Gasteiger partial charge in [0.25, 0.3) is 0 Å². The van der Waals surface area contributed by atoms with E-state index in [9.17, 15) is 0 Å². The molecule has 0 atom stereocenters. The van der Waals surface area contributed by atoms with E-state index in [2.05, 4.69) is 37.1 Å². The van der Waals surface area contributed by atoms with Crippen LogP contribution in [0.5, 0.6) is 0 Å². The zero-order valence-corrected chi connectivity index (χ0v) is 8.49. The molecule has 0 fully saturated rings. The van der Waals surface area contributed by atoms with Gasteiger partial charge in [0.1, 0.15) is 0 Å². The highest BCUT2D eigenvalue weighted by atomic mass is 14.9. The van der Waals surface area contributed by atoms with Crippen LogP contribution in [0.3, 0.4) is 0 Å². The van der Waals surface area contributed by atoms with Crippen molar-refractivity contribution in [2.75, 3.05) is 11.9 Å². The fraction of sp³-hybridized carbons (Fsp3) is 0.455. The Labute approximate surface area is 79.0 Å². The summed E-state index contributed by atoms with van der Waals surface area (Å²) in [4.78, 5) is 3.40. The first-order valence-electron chi connectivity index (χ1n) is 4.78. The van der Waals surface area contributed by atoms with E-state index in [-0.39, 0.29) is 0 Å². The van der Waals surface area contributed by atoms with Crippen molar-refractivity contribution in [2.24, 2.45) is 0 Å². The molecular weight excluding hydrogens is 160 g/mol. The molecule has 0 amide bonds. The van der Waals surface area contributed by atoms with E-state index >= 15 is 0 Å². The number of aromatic amines is 1. The van der Waals surface area contributed by atoms with Crippen LogP contribution in [-0.4, -0.2) is 11.5 Å². The van der Waals surface area contributed by atoms with E-state index in [1.165, 1.54) is 28.2 Å². The third kappa shape index (κ3) is 1.37. The standard InChI is InChI=1S/C11H16N2/c1-7-4-5-12-10-6-8(2)13-11(10)9(7)3/h6,12-13H,4-5H2,1-3H3. The first-order valence-corrected chi connectivity index (χ1v) is 4.78. The maximum atomic E-state index is 3.43. The second kappa shape index (κ2) is 2.95. The molecule has 0 radical (unpaired) electrons. The molecule has 1 aromatic rings. The summed E-state index contributed by atoms with van der Waals surface area (Å²) < 4.78 is 0. The summed E-state index contributed by atoms with van der Waals surface area (Å²) in [7, 11) is 0. The van der Waals surface area contributed by atoms with Gasteiger partial charge in [-0.2, -0.15) is 0 Å². The Balaban J connectivity index is 2.55. The predicted octanol–water partition coefficient (Wildman–Crippen LogP) is 2.93. The van der Waals surface area contributed by atoms with Crippen molar-refractivity contribution < 1.29 is 0 Å². The fourth-order valence-corrected chi connectivity index (χ4v) is 1.81. The van der Waals surface area contributed by atoms with Crippen molar-refractivity contribution in [1.29, 1.82) is 0 Å². The number of H-pyrrole nitrogens is 1. The summed E-state index contributed by atoms with van der Waals surface area (Å²) in [6, 6.07) is 2.18. The van der Waals surface area contributed by atoms with E-state index in [0.29, 0.717) is 0 Å². The summed E-state index contributed by atoms with van der Waals surface area (Å²) in [5.41, 5.74) is 6.63. The lowest BCUT2D eigenvalue weighted by molar-refractivity contribution is 1.01. The summed E-state index contributed by atoms with van der Waals surface area (Å²) in [5.74, 6) is 0. The van der Waals surface area contributed by atoms with Crippen molar-refractivity contribution >= 4 is 11.3 Å². The van der Waals surface area contributed by atoms with Crippen molar-refractivity contribution in [3.8, 4) is 0 Å². The van der Waals surface area contributed by atoms with Gasteiger partial charge in [-0.1, -0.05) is 5.57 Å². The smallest absolute Gasteiger partial charge is 0.0647 e. The predicted molar refractivity (Wildman–Crippen MR) is 56.9 cm³/mol. The Bertz CT molecular complexity index is 358. The van der Waals surface area contributed by atoms with Gasteiger partial charge in [0.05, 0.1) is 11.4 Å². The van der Waals surface area contributed by atoms with Gasteiger partial charge in [-0.3, -0.25) is 0 Å². The second-order valence-corrected chi connectivity index (χ2v) is 3.82. The number of fused-ring (bicyclic) bond motifs is 1. The molecule has 0 unspecified atom stereocenters. The van der Waals surface area contributed by atoms with E-state index in [0.717, 1.165) is 13.0 Å². The quantitative estimate of drug-likeness (QED) is 0.625. The van der Waals surface area contributed by atoms with Gasteiger partial charge in [-0.05, 0) is 38.8 Å². The van der Waals surface area contributed by atoms with Gasteiger partial charge in [-0.15, -0.1) is 0 Å². The van der Waals surface area contributed by atoms with Crippen molar-refractivity contribution in [3.05, 3.63) is 23.0 Å². The molecule has 0 saturated carbocycles. The monoisotopic (exact) mass is 176 g/mol. The minimum Gasteiger partial charge on any atom is -0.383 e. The number of nitrogens with one attached hydrogen (secondary N) is 2. The zero-order valence-electron chi connectivity index (χ0n) is 8.49. The van der Waals surface area contributed by atoms with Gasteiger partial charge >= 0.3 is 0 Å². The fourth-order valence-electron chi connectivity index (χ4n) is 1.81. The summed E-state index contributed by atoms with van der Waals surface area (Å²) in [6.07, 6.45) is 1.15. The number of hydrogen-bond donors (Lipinski definition) is 2. The molecule has 1 aromatic heterocycles. The van der Waals surface area contributed by atoms with Crippen molar-refractivity contribution in [1.82, 2.24) is 4.98 Å². The van der Waals surface area contributed by atoms with Gasteiger partial charge in [0.15, 0.2) is 0 Å². The van der Waals surface area contributed by atoms with Crippen molar-refractivity contribution in [2.45, 2.75) is 27.2 Å². The van der Waals surface area contributed by atoms with Crippen LogP contribution in [0.1, 0.15) is 31.7 Å². The van der Waals surface area contributed by atoms with Crippen LogP contribution >= 0.6 is 0 Å². The number of rotatable bonds is 0. The van der Waals surface area contributed by atoms with E-state index in [4.69, 9.17) is 0 Å². The third-order valence-electron chi connectivity index (χ3n) is 2.78. The molecule has 0 spiro atoms. The highest BCUT2D eigenvalue weighted by Crippen LogP contribution is 2.29. The average molecular weight is 176 g/mol. The summed E-state index contributed by atoms with van der Waals surface area (Å²) in [5, 5.41) is 3.43. The molecule has 2 rings (SSSR count). The largest absolute Gasteiger partial charge is 0.383 e. The summed E-state index contributed by atoms with van der Waals surface area (Å²) >= 11 is 0. The lowest BCUT2D eigenvalue weighted by Crippen LogP contribution is -1.98. The Morgan fingerprint density at radius 3 is 2.77 bits per heavy atom. The maximum Gasteiger partial charge on any atom is 0.0647 e. The Morgan fingerprint density at radius 2 is 2.00 bits per heavy atom. The SMILES string of the molecule is CC1=C(C)c2[nH]c(C)cc2NCC1. The molecule has 0 bridgehead atoms. The second-order valence-electron chi connectivity index (χ2n) is 3.82. The van der Waals surface area contributed by atoms with Crippen LogP contribution in [0.25, 0.3) is 5.57 Å². The molecule has 0 saturated heterocycles. The average Bonchev–Trinajstić information content (AvgIpc) is 2.40. The Kier molecular flexibility index (Phi) is 1.91. The number of anilines is 1. The van der Waals surface area contributed by atoms with Gasteiger partial charge < -0.3 is 10.3 Å². The first-order chi connectivity index (χ1) is 6.18. The van der Waals surface area contributed by atoms with Crippen molar-refractivity contribution in [3.63, 3.8) is 0 Å². The topological polar surface area (TPSA) is 27.8 Å². The van der Waals surface area contributed by atoms with Crippen LogP contribution in [0.4, 0.5) is 5.69 Å². The molecule has 1 aliphatic heterocycles. The van der Waals surface area contributed by atoms with Gasteiger partial charge in [0.2, 0.25) is 0 Å². The highest BCUT2D eigenvalue weighted by Gasteiger charge is 2.12. The molecule has 2 heteroatoms. The number of aryl methyl sites for hydroxylation is 1. The van der Waals surface area contributed by atoms with E-state index in [1.54, 1.807) is 0 Å². The van der Waals surface area contributed by atoms with Crippen LogP contribution in [0.2, 0.25) is 0 Å². The number of hydrogen-bond acceptors (Lipinski definition) is 1. The Hall–Kier alpha value is -1.18. The van der Waals surface area contributed by atoms with Gasteiger partial charge in [-0.25, -0.2) is 0 Å². The minimum atomic E-state index is 1.05. The normalized spacial score (nSPS) is 16.5. The van der Waals surface area contributed by atoms with Crippen LogP contribution in [0, 0.1) is 6.92 Å². The molecule has 13 heavy (non-hydrogen) atoms. The number of aromatic nitrogens is 1. The lowest BCUT2D eigenvalue weighted by atomic mass is 10.1.